The maximum atomic E-state index is 11.9. The molecule has 4 nitrogen and oxygen atoms in total. The number of likely N-dealkylation sites (N-methyl/N-ethyl adjacent to an activating group) is 1. The summed E-state index contributed by atoms with van der Waals surface area (Å²) >= 11 is 0. The molecule has 1 N–H and O–H groups in total. The highest BCUT2D eigenvalue weighted by atomic mass is 16.5. The maximum Gasteiger partial charge on any atom is 0.236 e. The SMILES string of the molecule is CCN(C)C(=O)CNC1CCCc2cc(OC)ccc21. The average Bonchev–Trinajstić information content (AvgIpc) is 2.50. The Morgan fingerprint density at radius 2 is 2.30 bits per heavy atom. The number of fused-ring (bicyclic) bond motifs is 1. The fourth-order valence-corrected chi connectivity index (χ4v) is 2.65. The third-order valence-corrected chi connectivity index (χ3v) is 4.06. The third kappa shape index (κ3) is 3.31. The van der Waals surface area contributed by atoms with Crippen molar-refractivity contribution in [2.75, 3.05) is 27.2 Å². The van der Waals surface area contributed by atoms with E-state index in [9.17, 15) is 4.79 Å². The van der Waals surface area contributed by atoms with Gasteiger partial charge in [0.2, 0.25) is 5.91 Å². The summed E-state index contributed by atoms with van der Waals surface area (Å²) < 4.78 is 5.28. The van der Waals surface area contributed by atoms with Crippen molar-refractivity contribution < 1.29 is 9.53 Å². The lowest BCUT2D eigenvalue weighted by molar-refractivity contribution is -0.128. The van der Waals surface area contributed by atoms with Gasteiger partial charge in [0.05, 0.1) is 13.7 Å². The molecule has 0 aliphatic heterocycles. The lowest BCUT2D eigenvalue weighted by Crippen LogP contribution is -2.37. The average molecular weight is 276 g/mol. The zero-order valence-corrected chi connectivity index (χ0v) is 12.6. The predicted octanol–water partition coefficient (Wildman–Crippen LogP) is 2.14. The minimum absolute atomic E-state index is 0.146. The van der Waals surface area contributed by atoms with Crippen molar-refractivity contribution in [1.29, 1.82) is 0 Å². The number of rotatable bonds is 5. The van der Waals surface area contributed by atoms with Gasteiger partial charge in [0.1, 0.15) is 5.75 Å². The number of nitrogens with zero attached hydrogens (tertiary/aromatic N) is 1. The number of carbonyl (C=O) groups is 1. The van der Waals surface area contributed by atoms with Crippen LogP contribution in [0.5, 0.6) is 5.75 Å². The third-order valence-electron chi connectivity index (χ3n) is 4.06. The van der Waals surface area contributed by atoms with Crippen molar-refractivity contribution in [2.24, 2.45) is 0 Å². The Labute approximate surface area is 121 Å². The number of ether oxygens (including phenoxy) is 1. The molecule has 0 saturated carbocycles. The summed E-state index contributed by atoms with van der Waals surface area (Å²) in [5.74, 6) is 1.05. The summed E-state index contributed by atoms with van der Waals surface area (Å²) in [5, 5.41) is 3.40. The highest BCUT2D eigenvalue weighted by Crippen LogP contribution is 2.31. The maximum absolute atomic E-state index is 11.9. The number of carbonyl (C=O) groups excluding carboxylic acids is 1. The van der Waals surface area contributed by atoms with E-state index >= 15 is 0 Å². The van der Waals surface area contributed by atoms with Gasteiger partial charge < -0.3 is 15.0 Å². The van der Waals surface area contributed by atoms with Crippen LogP contribution >= 0.6 is 0 Å². The van der Waals surface area contributed by atoms with Crippen LogP contribution in [0.3, 0.4) is 0 Å². The quantitative estimate of drug-likeness (QED) is 0.896. The first-order valence-electron chi connectivity index (χ1n) is 7.29. The molecular formula is C16H24N2O2. The molecule has 0 bridgehead atoms. The molecule has 0 heterocycles. The van der Waals surface area contributed by atoms with Crippen molar-refractivity contribution >= 4 is 5.91 Å². The van der Waals surface area contributed by atoms with E-state index in [1.807, 2.05) is 20.0 Å². The van der Waals surface area contributed by atoms with Gasteiger partial charge in [-0.25, -0.2) is 0 Å². The van der Waals surface area contributed by atoms with Crippen LogP contribution < -0.4 is 10.1 Å². The molecule has 1 aromatic carbocycles. The Hall–Kier alpha value is -1.55. The monoisotopic (exact) mass is 276 g/mol. The molecule has 1 atom stereocenters. The normalized spacial score (nSPS) is 17.4. The molecule has 0 fully saturated rings. The molecule has 110 valence electrons. The van der Waals surface area contributed by atoms with E-state index < -0.39 is 0 Å². The van der Waals surface area contributed by atoms with E-state index in [0.717, 1.165) is 31.6 Å². The van der Waals surface area contributed by atoms with Crippen LogP contribution in [0.2, 0.25) is 0 Å². The second-order valence-electron chi connectivity index (χ2n) is 5.30. The molecule has 1 aliphatic rings. The van der Waals surface area contributed by atoms with Crippen molar-refractivity contribution in [1.82, 2.24) is 10.2 Å². The van der Waals surface area contributed by atoms with E-state index in [1.54, 1.807) is 12.0 Å². The highest BCUT2D eigenvalue weighted by molar-refractivity contribution is 5.78. The first-order valence-corrected chi connectivity index (χ1v) is 7.29. The summed E-state index contributed by atoms with van der Waals surface area (Å²) in [6.45, 7) is 3.14. The molecule has 0 aromatic heterocycles. The highest BCUT2D eigenvalue weighted by Gasteiger charge is 2.21. The van der Waals surface area contributed by atoms with Gasteiger partial charge in [-0.2, -0.15) is 0 Å². The van der Waals surface area contributed by atoms with Crippen molar-refractivity contribution in [3.63, 3.8) is 0 Å². The Morgan fingerprint density at radius 1 is 1.50 bits per heavy atom. The minimum Gasteiger partial charge on any atom is -0.497 e. The Morgan fingerprint density at radius 3 is 3.00 bits per heavy atom. The zero-order chi connectivity index (χ0) is 14.5. The molecule has 4 heteroatoms. The number of benzene rings is 1. The number of nitrogens with one attached hydrogen (secondary N) is 1. The lowest BCUT2D eigenvalue weighted by Gasteiger charge is -2.27. The van der Waals surface area contributed by atoms with E-state index in [2.05, 4.69) is 17.4 Å². The number of amides is 1. The van der Waals surface area contributed by atoms with Gasteiger partial charge in [-0.1, -0.05) is 6.07 Å². The number of aryl methyl sites for hydroxylation is 1. The Kier molecular flexibility index (Phi) is 5.01. The van der Waals surface area contributed by atoms with Crippen LogP contribution in [0.4, 0.5) is 0 Å². The molecule has 1 aromatic rings. The Balaban J connectivity index is 2.03. The number of hydrogen-bond acceptors (Lipinski definition) is 3. The summed E-state index contributed by atoms with van der Waals surface area (Å²) in [6, 6.07) is 6.51. The van der Waals surface area contributed by atoms with Crippen LogP contribution in [0.15, 0.2) is 18.2 Å². The Bertz CT molecular complexity index is 474. The van der Waals surface area contributed by atoms with E-state index in [4.69, 9.17) is 4.74 Å². The summed E-state index contributed by atoms with van der Waals surface area (Å²) in [7, 11) is 3.53. The second kappa shape index (κ2) is 6.75. The molecule has 2 rings (SSSR count). The summed E-state index contributed by atoms with van der Waals surface area (Å²) in [4.78, 5) is 13.6. The fourth-order valence-electron chi connectivity index (χ4n) is 2.65. The lowest BCUT2D eigenvalue weighted by atomic mass is 9.87. The number of hydrogen-bond donors (Lipinski definition) is 1. The van der Waals surface area contributed by atoms with Crippen LogP contribution in [0.1, 0.15) is 36.9 Å². The van der Waals surface area contributed by atoms with Gasteiger partial charge in [-0.15, -0.1) is 0 Å². The standard InChI is InChI=1S/C16H24N2O2/c1-4-18(2)16(19)11-17-15-7-5-6-12-10-13(20-3)8-9-14(12)15/h8-10,15,17H,4-7,11H2,1-3H3. The van der Waals surface area contributed by atoms with Crippen LogP contribution in [0.25, 0.3) is 0 Å². The van der Waals surface area contributed by atoms with E-state index in [0.29, 0.717) is 6.54 Å². The predicted molar refractivity (Wildman–Crippen MR) is 80.0 cm³/mol. The van der Waals surface area contributed by atoms with Gasteiger partial charge in [0, 0.05) is 19.6 Å². The van der Waals surface area contributed by atoms with Crippen LogP contribution in [0, 0.1) is 0 Å². The molecule has 1 unspecified atom stereocenters. The number of methoxy groups -OCH3 is 1. The molecule has 20 heavy (non-hydrogen) atoms. The smallest absolute Gasteiger partial charge is 0.236 e. The summed E-state index contributed by atoms with van der Waals surface area (Å²) in [6.07, 6.45) is 3.33. The van der Waals surface area contributed by atoms with Crippen LogP contribution in [-0.2, 0) is 11.2 Å². The largest absolute Gasteiger partial charge is 0.497 e. The zero-order valence-electron chi connectivity index (χ0n) is 12.6. The second-order valence-corrected chi connectivity index (χ2v) is 5.30. The van der Waals surface area contributed by atoms with Crippen molar-refractivity contribution in [2.45, 2.75) is 32.2 Å². The van der Waals surface area contributed by atoms with Gasteiger partial charge in [-0.05, 0) is 49.4 Å². The van der Waals surface area contributed by atoms with Crippen molar-refractivity contribution in [3.05, 3.63) is 29.3 Å². The van der Waals surface area contributed by atoms with Crippen LogP contribution in [-0.4, -0.2) is 38.1 Å². The van der Waals surface area contributed by atoms with Gasteiger partial charge in [-0.3, -0.25) is 4.79 Å². The molecular weight excluding hydrogens is 252 g/mol. The fraction of sp³-hybridized carbons (Fsp3) is 0.562. The van der Waals surface area contributed by atoms with Gasteiger partial charge in [0.15, 0.2) is 0 Å². The topological polar surface area (TPSA) is 41.6 Å². The molecule has 1 amide bonds. The van der Waals surface area contributed by atoms with Crippen molar-refractivity contribution in [3.8, 4) is 5.75 Å². The molecule has 0 spiro atoms. The van der Waals surface area contributed by atoms with E-state index in [-0.39, 0.29) is 11.9 Å². The minimum atomic E-state index is 0.146. The first kappa shape index (κ1) is 14.9. The molecule has 1 aliphatic carbocycles. The molecule has 0 saturated heterocycles. The molecule has 0 radical (unpaired) electrons. The van der Waals surface area contributed by atoms with E-state index in [1.165, 1.54) is 11.1 Å². The summed E-state index contributed by atoms with van der Waals surface area (Å²) in [5.41, 5.74) is 2.65. The van der Waals surface area contributed by atoms with Gasteiger partial charge >= 0.3 is 0 Å². The first-order chi connectivity index (χ1) is 9.65. The van der Waals surface area contributed by atoms with Gasteiger partial charge in [0.25, 0.3) is 0 Å².